The van der Waals surface area contributed by atoms with Crippen LogP contribution in [0.15, 0.2) is 77.3 Å². The second kappa shape index (κ2) is 5.59. The maximum Gasteiger partial charge on any atom is 0.124 e. The number of halogens is 2. The fourth-order valence-electron chi connectivity index (χ4n) is 2.24. The lowest BCUT2D eigenvalue weighted by molar-refractivity contribution is 0.628. The molecule has 0 nitrogen and oxygen atoms in total. The molecule has 0 saturated carbocycles. The summed E-state index contributed by atoms with van der Waals surface area (Å²) in [4.78, 5) is 0. The van der Waals surface area contributed by atoms with Gasteiger partial charge in [0.2, 0.25) is 0 Å². The summed E-state index contributed by atoms with van der Waals surface area (Å²) in [6.45, 7) is 0. The van der Waals surface area contributed by atoms with Gasteiger partial charge in [-0.05, 0) is 50.3 Å². The van der Waals surface area contributed by atoms with Gasteiger partial charge < -0.3 is 0 Å². The van der Waals surface area contributed by atoms with E-state index in [1.807, 2.05) is 60.7 Å². The van der Waals surface area contributed by atoms with Crippen LogP contribution in [-0.2, 0) is 0 Å². The highest BCUT2D eigenvalue weighted by molar-refractivity contribution is 9.10. The van der Waals surface area contributed by atoms with Crippen LogP contribution in [0.25, 0.3) is 22.3 Å². The first-order chi connectivity index (χ1) is 9.75. The number of rotatable bonds is 2. The SMILES string of the molecule is Fc1cc(-c2ccccc2)c(Br)c(-c2ccccc2)c1. The van der Waals surface area contributed by atoms with Crippen LogP contribution >= 0.6 is 15.9 Å². The molecule has 3 rings (SSSR count). The molecule has 0 aliphatic rings. The summed E-state index contributed by atoms with van der Waals surface area (Å²) in [7, 11) is 0. The van der Waals surface area contributed by atoms with Gasteiger partial charge in [-0.3, -0.25) is 0 Å². The summed E-state index contributed by atoms with van der Waals surface area (Å²) in [5, 5.41) is 0. The number of hydrogen-bond acceptors (Lipinski definition) is 0. The molecule has 3 aromatic carbocycles. The molecule has 20 heavy (non-hydrogen) atoms. The fraction of sp³-hybridized carbons (Fsp3) is 0. The minimum atomic E-state index is -0.231. The van der Waals surface area contributed by atoms with Gasteiger partial charge in [0, 0.05) is 4.47 Å². The Bertz CT molecular complexity index is 660. The topological polar surface area (TPSA) is 0 Å². The molecule has 0 amide bonds. The van der Waals surface area contributed by atoms with Gasteiger partial charge in [-0.25, -0.2) is 4.39 Å². The van der Waals surface area contributed by atoms with E-state index in [9.17, 15) is 4.39 Å². The van der Waals surface area contributed by atoms with Crippen LogP contribution < -0.4 is 0 Å². The van der Waals surface area contributed by atoms with Crippen LogP contribution in [-0.4, -0.2) is 0 Å². The van der Waals surface area contributed by atoms with Crippen molar-refractivity contribution in [3.05, 3.63) is 83.1 Å². The van der Waals surface area contributed by atoms with Crippen LogP contribution in [0.3, 0.4) is 0 Å². The van der Waals surface area contributed by atoms with Gasteiger partial charge in [0.25, 0.3) is 0 Å². The van der Waals surface area contributed by atoms with E-state index in [4.69, 9.17) is 0 Å². The lowest BCUT2D eigenvalue weighted by Gasteiger charge is -2.11. The molecule has 0 atom stereocenters. The Kier molecular flexibility index (Phi) is 3.66. The minimum absolute atomic E-state index is 0.231. The standard InChI is InChI=1S/C18H12BrF/c19-18-16(13-7-3-1-4-8-13)11-15(20)12-17(18)14-9-5-2-6-10-14/h1-12H. The third kappa shape index (κ3) is 2.52. The van der Waals surface area contributed by atoms with Gasteiger partial charge in [-0.15, -0.1) is 0 Å². The normalized spacial score (nSPS) is 10.5. The van der Waals surface area contributed by atoms with E-state index in [2.05, 4.69) is 15.9 Å². The maximum absolute atomic E-state index is 14.0. The zero-order valence-corrected chi connectivity index (χ0v) is 12.3. The van der Waals surface area contributed by atoms with Gasteiger partial charge >= 0.3 is 0 Å². The van der Waals surface area contributed by atoms with Crippen LogP contribution in [0, 0.1) is 5.82 Å². The van der Waals surface area contributed by atoms with E-state index < -0.39 is 0 Å². The lowest BCUT2D eigenvalue weighted by Crippen LogP contribution is -1.88. The van der Waals surface area contributed by atoms with Crippen molar-refractivity contribution in [2.24, 2.45) is 0 Å². The molecule has 98 valence electrons. The van der Waals surface area contributed by atoms with Gasteiger partial charge in [-0.1, -0.05) is 60.7 Å². The van der Waals surface area contributed by atoms with Crippen LogP contribution in [0.4, 0.5) is 4.39 Å². The Hall–Kier alpha value is -1.93. The smallest absolute Gasteiger partial charge is 0.124 e. The molecule has 0 saturated heterocycles. The third-order valence-corrected chi connectivity index (χ3v) is 4.06. The van der Waals surface area contributed by atoms with Gasteiger partial charge in [0.15, 0.2) is 0 Å². The zero-order chi connectivity index (χ0) is 13.9. The largest absolute Gasteiger partial charge is 0.207 e. The molecule has 0 unspecified atom stereocenters. The number of benzene rings is 3. The molecule has 0 radical (unpaired) electrons. The molecule has 0 N–H and O–H groups in total. The summed E-state index contributed by atoms with van der Waals surface area (Å²) >= 11 is 3.62. The van der Waals surface area contributed by atoms with Crippen molar-refractivity contribution in [1.82, 2.24) is 0 Å². The highest BCUT2D eigenvalue weighted by Gasteiger charge is 2.11. The molecule has 0 bridgehead atoms. The summed E-state index contributed by atoms with van der Waals surface area (Å²) in [5.41, 5.74) is 3.72. The lowest BCUT2D eigenvalue weighted by atomic mass is 9.99. The molecular formula is C18H12BrF. The summed E-state index contributed by atoms with van der Waals surface area (Å²) in [5.74, 6) is -0.231. The third-order valence-electron chi connectivity index (χ3n) is 3.21. The monoisotopic (exact) mass is 326 g/mol. The van der Waals surface area contributed by atoms with E-state index in [1.54, 1.807) is 12.1 Å². The average molecular weight is 327 g/mol. The molecule has 0 aromatic heterocycles. The van der Waals surface area contributed by atoms with Crippen molar-refractivity contribution < 1.29 is 4.39 Å². The van der Waals surface area contributed by atoms with Gasteiger partial charge in [0.05, 0.1) is 0 Å². The first kappa shape index (κ1) is 13.1. The quantitative estimate of drug-likeness (QED) is 0.548. The molecule has 0 fully saturated rings. The molecule has 3 aromatic rings. The van der Waals surface area contributed by atoms with Crippen LogP contribution in [0.5, 0.6) is 0 Å². The Morgan fingerprint density at radius 1 is 0.650 bits per heavy atom. The fourth-order valence-corrected chi connectivity index (χ4v) is 2.93. The molecule has 0 spiro atoms. The molecule has 0 heterocycles. The zero-order valence-electron chi connectivity index (χ0n) is 10.7. The Balaban J connectivity index is 2.22. The van der Waals surface area contributed by atoms with E-state index in [0.29, 0.717) is 0 Å². The predicted molar refractivity (Wildman–Crippen MR) is 85.0 cm³/mol. The van der Waals surface area contributed by atoms with Gasteiger partial charge in [-0.2, -0.15) is 0 Å². The molecule has 0 aliphatic heterocycles. The Morgan fingerprint density at radius 2 is 1.05 bits per heavy atom. The summed E-state index contributed by atoms with van der Waals surface area (Å²) in [6, 6.07) is 22.8. The molecular weight excluding hydrogens is 315 g/mol. The molecule has 2 heteroatoms. The van der Waals surface area contributed by atoms with Crippen LogP contribution in [0.2, 0.25) is 0 Å². The minimum Gasteiger partial charge on any atom is -0.207 e. The van der Waals surface area contributed by atoms with Crippen molar-refractivity contribution in [1.29, 1.82) is 0 Å². The first-order valence-electron chi connectivity index (χ1n) is 6.35. The second-order valence-corrected chi connectivity index (χ2v) is 5.34. The number of hydrogen-bond donors (Lipinski definition) is 0. The second-order valence-electron chi connectivity index (χ2n) is 4.55. The summed E-state index contributed by atoms with van der Waals surface area (Å²) in [6.07, 6.45) is 0. The van der Waals surface area contributed by atoms with Crippen LogP contribution in [0.1, 0.15) is 0 Å². The maximum atomic E-state index is 14.0. The predicted octanol–water partition coefficient (Wildman–Crippen LogP) is 5.92. The Morgan fingerprint density at radius 3 is 1.45 bits per heavy atom. The summed E-state index contributed by atoms with van der Waals surface area (Å²) < 4.78 is 14.9. The van der Waals surface area contributed by atoms with Crippen molar-refractivity contribution >= 4 is 15.9 Å². The van der Waals surface area contributed by atoms with Gasteiger partial charge in [0.1, 0.15) is 5.82 Å². The van der Waals surface area contributed by atoms with Crippen molar-refractivity contribution in [3.63, 3.8) is 0 Å². The van der Waals surface area contributed by atoms with Crippen molar-refractivity contribution in [2.75, 3.05) is 0 Å². The Labute approximate surface area is 126 Å². The highest BCUT2D eigenvalue weighted by atomic mass is 79.9. The van der Waals surface area contributed by atoms with E-state index in [0.717, 1.165) is 26.7 Å². The molecule has 0 aliphatic carbocycles. The van der Waals surface area contributed by atoms with E-state index >= 15 is 0 Å². The van der Waals surface area contributed by atoms with E-state index in [1.165, 1.54) is 0 Å². The highest BCUT2D eigenvalue weighted by Crippen LogP contribution is 2.37. The van der Waals surface area contributed by atoms with Crippen molar-refractivity contribution in [2.45, 2.75) is 0 Å². The van der Waals surface area contributed by atoms with Crippen molar-refractivity contribution in [3.8, 4) is 22.3 Å². The average Bonchev–Trinajstić information content (AvgIpc) is 2.51. The first-order valence-corrected chi connectivity index (χ1v) is 7.15. The van der Waals surface area contributed by atoms with E-state index in [-0.39, 0.29) is 5.82 Å².